The number of benzene rings is 2. The van der Waals surface area contributed by atoms with Gasteiger partial charge in [0.2, 0.25) is 0 Å². The number of nitrogens with zero attached hydrogens (tertiary/aromatic N) is 3. The van der Waals surface area contributed by atoms with Gasteiger partial charge in [0.05, 0.1) is 38.7 Å². The van der Waals surface area contributed by atoms with Crippen LogP contribution in [0.4, 0.5) is 10.1 Å². The van der Waals surface area contributed by atoms with Gasteiger partial charge in [-0.15, -0.1) is 5.10 Å². The highest BCUT2D eigenvalue weighted by Gasteiger charge is 2.31. The Kier molecular flexibility index (Phi) is 8.02. The topological polar surface area (TPSA) is 90.7 Å². The molecule has 0 bridgehead atoms. The van der Waals surface area contributed by atoms with Gasteiger partial charge in [0.15, 0.2) is 11.6 Å². The molecule has 0 spiro atoms. The predicted molar refractivity (Wildman–Crippen MR) is 142 cm³/mol. The third kappa shape index (κ3) is 6.04. The Labute approximate surface area is 223 Å². The lowest BCUT2D eigenvalue weighted by atomic mass is 9.90. The number of anilines is 1. The summed E-state index contributed by atoms with van der Waals surface area (Å²) in [7, 11) is 1.66. The molecule has 1 saturated carbocycles. The highest BCUT2D eigenvalue weighted by Crippen LogP contribution is 2.38. The third-order valence-corrected chi connectivity index (χ3v) is 7.55. The lowest BCUT2D eigenvalue weighted by molar-refractivity contribution is 0.00940. The molecular formula is C29H37FN4O4. The van der Waals surface area contributed by atoms with Crippen LogP contribution in [-0.4, -0.2) is 46.5 Å². The van der Waals surface area contributed by atoms with Gasteiger partial charge in [-0.3, -0.25) is 0 Å². The van der Waals surface area contributed by atoms with Gasteiger partial charge in [-0.25, -0.2) is 9.07 Å². The van der Waals surface area contributed by atoms with Gasteiger partial charge in [0.25, 0.3) is 0 Å². The van der Waals surface area contributed by atoms with E-state index in [-0.39, 0.29) is 18.4 Å². The minimum absolute atomic E-state index is 0.0950. The zero-order valence-electron chi connectivity index (χ0n) is 22.2. The first-order chi connectivity index (χ1) is 18.5. The number of methoxy groups -OCH3 is 1. The molecule has 3 aromatic rings. The summed E-state index contributed by atoms with van der Waals surface area (Å²) in [6.07, 6.45) is 8.18. The summed E-state index contributed by atoms with van der Waals surface area (Å²) in [5, 5.41) is 23.3. The van der Waals surface area contributed by atoms with Gasteiger partial charge in [0, 0.05) is 0 Å². The molecule has 1 aliphatic carbocycles. The van der Waals surface area contributed by atoms with Crippen molar-refractivity contribution in [1.82, 2.24) is 15.0 Å². The molecule has 0 radical (unpaired) electrons. The van der Waals surface area contributed by atoms with Crippen LogP contribution in [0.15, 0.2) is 42.6 Å². The number of aromatic nitrogens is 3. The number of ether oxygens (including phenoxy) is 3. The van der Waals surface area contributed by atoms with E-state index in [4.69, 9.17) is 14.2 Å². The number of aryl methyl sites for hydroxylation is 1. The quantitative estimate of drug-likeness (QED) is 0.301. The molecule has 2 aliphatic rings. The molecule has 38 heavy (non-hydrogen) atoms. The largest absolute Gasteiger partial charge is 0.494 e. The van der Waals surface area contributed by atoms with Crippen molar-refractivity contribution in [3.63, 3.8) is 0 Å². The fourth-order valence-electron chi connectivity index (χ4n) is 4.89. The molecule has 0 amide bonds. The first-order valence-corrected chi connectivity index (χ1v) is 13.6. The van der Waals surface area contributed by atoms with Crippen LogP contribution in [0.1, 0.15) is 56.7 Å². The van der Waals surface area contributed by atoms with Gasteiger partial charge < -0.3 is 24.6 Å². The van der Waals surface area contributed by atoms with Gasteiger partial charge in [-0.2, -0.15) is 0 Å². The summed E-state index contributed by atoms with van der Waals surface area (Å²) in [6, 6.07) is 10.4. The number of halogens is 1. The second-order valence-electron chi connectivity index (χ2n) is 10.4. The van der Waals surface area contributed by atoms with Crippen molar-refractivity contribution in [2.24, 2.45) is 5.92 Å². The van der Waals surface area contributed by atoms with Crippen molar-refractivity contribution >= 4 is 5.69 Å². The van der Waals surface area contributed by atoms with E-state index in [0.29, 0.717) is 24.5 Å². The first-order valence-electron chi connectivity index (χ1n) is 13.6. The lowest BCUT2D eigenvalue weighted by Gasteiger charge is -2.29. The Hall–Kier alpha value is -3.33. The first kappa shape index (κ1) is 26.3. The van der Waals surface area contributed by atoms with Crippen LogP contribution < -0.4 is 19.5 Å². The van der Waals surface area contributed by atoms with E-state index >= 15 is 0 Å². The molecule has 2 N–H and O–H groups in total. The van der Waals surface area contributed by atoms with E-state index in [2.05, 4.69) is 15.6 Å². The molecule has 5 rings (SSSR count). The Morgan fingerprint density at radius 1 is 1.21 bits per heavy atom. The minimum atomic E-state index is -1.22. The molecule has 8 nitrogen and oxygen atoms in total. The number of hydrogen-bond donors (Lipinski definition) is 2. The molecule has 2 heterocycles. The summed E-state index contributed by atoms with van der Waals surface area (Å²) in [5.74, 6) is 1.91. The van der Waals surface area contributed by atoms with Crippen LogP contribution in [0.5, 0.6) is 17.2 Å². The molecule has 1 fully saturated rings. The third-order valence-electron chi connectivity index (χ3n) is 7.55. The molecule has 2 unspecified atom stereocenters. The lowest BCUT2D eigenvalue weighted by Crippen LogP contribution is -2.32. The van der Waals surface area contributed by atoms with Crippen molar-refractivity contribution in [2.45, 2.75) is 70.1 Å². The number of para-hydroxylation sites is 1. The van der Waals surface area contributed by atoms with Crippen LogP contribution in [-0.2, 0) is 18.6 Å². The molecule has 2 aromatic carbocycles. The number of unbranched alkanes of at least 4 members (excludes halogenated alkanes) is 1. The summed E-state index contributed by atoms with van der Waals surface area (Å²) in [6.45, 7) is 3.40. The zero-order chi connectivity index (χ0) is 26.5. The van der Waals surface area contributed by atoms with Crippen molar-refractivity contribution in [3.8, 4) is 17.2 Å². The van der Waals surface area contributed by atoms with E-state index < -0.39 is 11.4 Å². The minimum Gasteiger partial charge on any atom is -0.494 e. The number of hydrogen-bond acceptors (Lipinski definition) is 7. The normalized spacial score (nSPS) is 18.2. The Balaban J connectivity index is 1.16. The van der Waals surface area contributed by atoms with Gasteiger partial charge in [-0.1, -0.05) is 24.3 Å². The summed E-state index contributed by atoms with van der Waals surface area (Å²) < 4.78 is 33.4. The van der Waals surface area contributed by atoms with Crippen LogP contribution >= 0.6 is 0 Å². The van der Waals surface area contributed by atoms with Gasteiger partial charge in [0.1, 0.15) is 28.9 Å². The maximum Gasteiger partial charge on any atom is 0.165 e. The Morgan fingerprint density at radius 3 is 2.87 bits per heavy atom. The second kappa shape index (κ2) is 11.6. The van der Waals surface area contributed by atoms with Crippen LogP contribution in [0.3, 0.4) is 0 Å². The highest BCUT2D eigenvalue weighted by atomic mass is 19.1. The Bertz CT molecular complexity index is 1230. The fourth-order valence-corrected chi connectivity index (χ4v) is 4.89. The van der Waals surface area contributed by atoms with Gasteiger partial charge in [-0.05, 0) is 80.7 Å². The maximum atomic E-state index is 14.3. The molecule has 204 valence electrons. The smallest absolute Gasteiger partial charge is 0.165 e. The monoisotopic (exact) mass is 524 g/mol. The fraction of sp³-hybridized carbons (Fsp3) is 0.517. The van der Waals surface area contributed by atoms with Crippen LogP contribution in [0, 0.1) is 11.7 Å². The molecule has 1 aliphatic heterocycles. The maximum absolute atomic E-state index is 14.3. The second-order valence-corrected chi connectivity index (χ2v) is 10.4. The number of fused-ring (bicyclic) bond motifs is 1. The van der Waals surface area contributed by atoms with Crippen LogP contribution in [0.25, 0.3) is 0 Å². The highest BCUT2D eigenvalue weighted by molar-refractivity contribution is 5.67. The molecular weight excluding hydrogens is 487 g/mol. The Morgan fingerprint density at radius 2 is 2.08 bits per heavy atom. The number of rotatable bonds is 13. The molecule has 2 atom stereocenters. The van der Waals surface area contributed by atoms with Crippen molar-refractivity contribution in [3.05, 3.63) is 59.7 Å². The SMILES string of the molecule is CCC(O)(Cn1nncc1CCCCC1CNc2c(OC)cccc2O1)c1ccc(F)c(OCC2CC2)c1. The van der Waals surface area contributed by atoms with Gasteiger partial charge >= 0.3 is 0 Å². The molecule has 9 heteroatoms. The van der Waals surface area contributed by atoms with E-state index in [1.165, 1.54) is 6.07 Å². The van der Waals surface area contributed by atoms with Crippen molar-refractivity contribution < 1.29 is 23.7 Å². The zero-order valence-corrected chi connectivity index (χ0v) is 22.2. The van der Waals surface area contributed by atoms with Crippen molar-refractivity contribution in [2.75, 3.05) is 25.6 Å². The van der Waals surface area contributed by atoms with Crippen LogP contribution in [0.2, 0.25) is 0 Å². The van der Waals surface area contributed by atoms with E-state index in [1.807, 2.05) is 25.1 Å². The number of nitrogens with one attached hydrogen (secondary N) is 1. The van der Waals surface area contributed by atoms with E-state index in [1.54, 1.807) is 30.1 Å². The van der Waals surface area contributed by atoms with E-state index in [0.717, 1.165) is 68.0 Å². The predicted octanol–water partition coefficient (Wildman–Crippen LogP) is 5.10. The molecule has 1 aromatic heterocycles. The number of aliphatic hydroxyl groups is 1. The summed E-state index contributed by atoms with van der Waals surface area (Å²) >= 11 is 0. The average Bonchev–Trinajstić information content (AvgIpc) is 3.67. The molecule has 0 saturated heterocycles. The van der Waals surface area contributed by atoms with Crippen molar-refractivity contribution in [1.29, 1.82) is 0 Å². The average molecular weight is 525 g/mol. The standard InChI is InChI=1S/C29H37FN4O4/c1-3-29(35,21-13-14-24(30)27(15-21)37-18-20-11-12-20)19-34-22(16-32-33-34)7-4-5-8-23-17-31-28-25(36-2)9-6-10-26(28)38-23/h6,9-10,13-16,20,23,31,35H,3-5,7-8,11-12,17-19H2,1-2H3. The summed E-state index contributed by atoms with van der Waals surface area (Å²) in [5.41, 5.74) is 1.27. The van der Waals surface area contributed by atoms with E-state index in [9.17, 15) is 9.50 Å². The summed E-state index contributed by atoms with van der Waals surface area (Å²) in [4.78, 5) is 0.